The second kappa shape index (κ2) is 7.78. The van der Waals surface area contributed by atoms with E-state index >= 15 is 0 Å². The average Bonchev–Trinajstić information content (AvgIpc) is 2.69. The zero-order valence-corrected chi connectivity index (χ0v) is 15.5. The number of amides is 1. The molecule has 0 saturated heterocycles. The average molecular weight is 359 g/mol. The summed E-state index contributed by atoms with van der Waals surface area (Å²) in [5, 5.41) is 3.95. The standard InChI is InChI=1S/C23H25N3O/c24-23-18-10-4-5-11-20(18)26-21-14-13-17(15-19(21)23)25-22(27)12-6-9-16-7-2-1-3-8-16/h1-3,7-8,13-15H,4-6,9-12H2,(H2,24,26)(H,25,27). The maximum atomic E-state index is 12.3. The van der Waals surface area contributed by atoms with Crippen molar-refractivity contribution in [1.82, 2.24) is 4.98 Å². The van der Waals surface area contributed by atoms with Gasteiger partial charge in [-0.25, -0.2) is 0 Å². The first-order valence-corrected chi connectivity index (χ1v) is 9.75. The number of nitrogens with two attached hydrogens (primary N) is 1. The van der Waals surface area contributed by atoms with Crippen LogP contribution in [0.2, 0.25) is 0 Å². The number of nitrogens with zero attached hydrogens (tertiary/aromatic N) is 1. The monoisotopic (exact) mass is 359 g/mol. The molecule has 0 radical (unpaired) electrons. The van der Waals surface area contributed by atoms with Gasteiger partial charge >= 0.3 is 0 Å². The first-order valence-electron chi connectivity index (χ1n) is 9.75. The number of carbonyl (C=O) groups excluding carboxylic acids is 1. The number of nitrogens with one attached hydrogen (secondary N) is 1. The van der Waals surface area contributed by atoms with Crippen molar-refractivity contribution < 1.29 is 4.79 Å². The van der Waals surface area contributed by atoms with Gasteiger partial charge in [-0.15, -0.1) is 0 Å². The highest BCUT2D eigenvalue weighted by molar-refractivity contribution is 5.98. The largest absolute Gasteiger partial charge is 0.398 e. The molecule has 0 unspecified atom stereocenters. The van der Waals surface area contributed by atoms with Gasteiger partial charge in [0.2, 0.25) is 5.91 Å². The van der Waals surface area contributed by atoms with E-state index < -0.39 is 0 Å². The van der Waals surface area contributed by atoms with Gasteiger partial charge in [-0.2, -0.15) is 0 Å². The minimum absolute atomic E-state index is 0.0368. The van der Waals surface area contributed by atoms with E-state index in [1.54, 1.807) is 0 Å². The van der Waals surface area contributed by atoms with E-state index in [4.69, 9.17) is 10.7 Å². The SMILES string of the molecule is Nc1c2c(nc3ccc(NC(=O)CCCc4ccccc4)cc13)CCCC2. The van der Waals surface area contributed by atoms with Crippen LogP contribution in [0, 0.1) is 0 Å². The number of carbonyl (C=O) groups is 1. The molecule has 2 aromatic carbocycles. The van der Waals surface area contributed by atoms with Crippen molar-refractivity contribution in [3.8, 4) is 0 Å². The van der Waals surface area contributed by atoms with Crippen molar-refractivity contribution in [2.45, 2.75) is 44.9 Å². The number of rotatable bonds is 5. The van der Waals surface area contributed by atoms with Crippen molar-refractivity contribution in [3.63, 3.8) is 0 Å². The van der Waals surface area contributed by atoms with Crippen LogP contribution in [0.3, 0.4) is 0 Å². The lowest BCUT2D eigenvalue weighted by Gasteiger charge is -2.19. The Morgan fingerprint density at radius 2 is 1.89 bits per heavy atom. The second-order valence-corrected chi connectivity index (χ2v) is 7.28. The summed E-state index contributed by atoms with van der Waals surface area (Å²) in [6, 6.07) is 16.1. The van der Waals surface area contributed by atoms with Gasteiger partial charge in [0.1, 0.15) is 0 Å². The molecule has 1 aliphatic rings. The molecule has 4 rings (SSSR count). The van der Waals surface area contributed by atoms with Crippen LogP contribution in [0.25, 0.3) is 10.9 Å². The fourth-order valence-electron chi connectivity index (χ4n) is 3.86. The highest BCUT2D eigenvalue weighted by Gasteiger charge is 2.16. The fourth-order valence-corrected chi connectivity index (χ4v) is 3.86. The second-order valence-electron chi connectivity index (χ2n) is 7.28. The minimum Gasteiger partial charge on any atom is -0.398 e. The molecule has 0 fully saturated rings. The van der Waals surface area contributed by atoms with E-state index in [-0.39, 0.29) is 5.91 Å². The number of aromatic nitrogens is 1. The molecule has 3 N–H and O–H groups in total. The van der Waals surface area contributed by atoms with E-state index in [0.29, 0.717) is 6.42 Å². The smallest absolute Gasteiger partial charge is 0.224 e. The molecule has 4 nitrogen and oxygen atoms in total. The Morgan fingerprint density at radius 1 is 1.07 bits per heavy atom. The first-order chi connectivity index (χ1) is 13.2. The number of anilines is 2. The van der Waals surface area contributed by atoms with Crippen LogP contribution in [0.15, 0.2) is 48.5 Å². The van der Waals surface area contributed by atoms with Gasteiger partial charge in [0.15, 0.2) is 0 Å². The van der Waals surface area contributed by atoms with Crippen LogP contribution in [-0.4, -0.2) is 10.9 Å². The number of hydrogen-bond acceptors (Lipinski definition) is 3. The van der Waals surface area contributed by atoms with Crippen molar-refractivity contribution in [3.05, 3.63) is 65.4 Å². The molecule has 1 aliphatic carbocycles. The Balaban J connectivity index is 1.44. The molecule has 0 atom stereocenters. The number of pyridine rings is 1. The molecule has 1 aromatic heterocycles. The zero-order chi connectivity index (χ0) is 18.6. The predicted molar refractivity (Wildman–Crippen MR) is 111 cm³/mol. The van der Waals surface area contributed by atoms with Crippen LogP contribution in [-0.2, 0) is 24.1 Å². The van der Waals surface area contributed by atoms with E-state index in [0.717, 1.165) is 53.7 Å². The highest BCUT2D eigenvalue weighted by atomic mass is 16.1. The van der Waals surface area contributed by atoms with Gasteiger partial charge in [0.25, 0.3) is 0 Å². The lowest BCUT2D eigenvalue weighted by atomic mass is 9.93. The Morgan fingerprint density at radius 3 is 2.74 bits per heavy atom. The van der Waals surface area contributed by atoms with Crippen LogP contribution < -0.4 is 11.1 Å². The lowest BCUT2D eigenvalue weighted by molar-refractivity contribution is -0.116. The van der Waals surface area contributed by atoms with Gasteiger partial charge in [-0.3, -0.25) is 9.78 Å². The summed E-state index contributed by atoms with van der Waals surface area (Å²) in [5.41, 5.74) is 12.6. The minimum atomic E-state index is 0.0368. The summed E-state index contributed by atoms with van der Waals surface area (Å²) in [6.07, 6.45) is 6.61. The Kier molecular flexibility index (Phi) is 5.05. The Hall–Kier alpha value is -2.88. The summed E-state index contributed by atoms with van der Waals surface area (Å²) < 4.78 is 0. The van der Waals surface area contributed by atoms with Crippen molar-refractivity contribution >= 4 is 28.2 Å². The first kappa shape index (κ1) is 17.5. The fraction of sp³-hybridized carbons (Fsp3) is 0.304. The molecule has 3 aromatic rings. The van der Waals surface area contributed by atoms with Gasteiger partial charge < -0.3 is 11.1 Å². The molecule has 0 spiro atoms. The van der Waals surface area contributed by atoms with Gasteiger partial charge in [0, 0.05) is 28.9 Å². The third-order valence-corrected chi connectivity index (χ3v) is 5.30. The molecule has 1 heterocycles. The summed E-state index contributed by atoms with van der Waals surface area (Å²) >= 11 is 0. The highest BCUT2D eigenvalue weighted by Crippen LogP contribution is 2.32. The van der Waals surface area contributed by atoms with Crippen LogP contribution >= 0.6 is 0 Å². The number of benzene rings is 2. The van der Waals surface area contributed by atoms with E-state index in [1.807, 2.05) is 36.4 Å². The summed E-state index contributed by atoms with van der Waals surface area (Å²) in [4.78, 5) is 17.1. The molecule has 4 heteroatoms. The quantitative estimate of drug-likeness (QED) is 0.696. The van der Waals surface area contributed by atoms with Gasteiger partial charge in [-0.1, -0.05) is 30.3 Å². The van der Waals surface area contributed by atoms with Gasteiger partial charge in [-0.05, 0) is 67.9 Å². The Bertz CT molecular complexity index is 966. The Labute approximate surface area is 159 Å². The molecule has 0 aliphatic heterocycles. The topological polar surface area (TPSA) is 68.0 Å². The van der Waals surface area contributed by atoms with Crippen molar-refractivity contribution in [1.29, 1.82) is 0 Å². The van der Waals surface area contributed by atoms with Crippen LogP contribution in [0.1, 0.15) is 42.5 Å². The normalized spacial score (nSPS) is 13.3. The maximum absolute atomic E-state index is 12.3. The third kappa shape index (κ3) is 3.95. The number of nitrogen functional groups attached to an aromatic ring is 1. The zero-order valence-electron chi connectivity index (χ0n) is 15.5. The van der Waals surface area contributed by atoms with Crippen LogP contribution in [0.4, 0.5) is 11.4 Å². The van der Waals surface area contributed by atoms with E-state index in [2.05, 4.69) is 17.4 Å². The number of fused-ring (bicyclic) bond motifs is 2. The van der Waals surface area contributed by atoms with E-state index in [9.17, 15) is 4.79 Å². The van der Waals surface area contributed by atoms with Crippen LogP contribution in [0.5, 0.6) is 0 Å². The molecule has 1 amide bonds. The predicted octanol–water partition coefficient (Wildman–Crippen LogP) is 4.66. The van der Waals surface area contributed by atoms with Crippen molar-refractivity contribution in [2.75, 3.05) is 11.1 Å². The maximum Gasteiger partial charge on any atom is 0.224 e. The van der Waals surface area contributed by atoms with E-state index in [1.165, 1.54) is 24.0 Å². The third-order valence-electron chi connectivity index (χ3n) is 5.30. The molecular formula is C23H25N3O. The summed E-state index contributed by atoms with van der Waals surface area (Å²) in [7, 11) is 0. The number of hydrogen-bond donors (Lipinski definition) is 2. The summed E-state index contributed by atoms with van der Waals surface area (Å²) in [5.74, 6) is 0.0368. The summed E-state index contributed by atoms with van der Waals surface area (Å²) in [6.45, 7) is 0. The molecule has 0 bridgehead atoms. The molecule has 27 heavy (non-hydrogen) atoms. The lowest BCUT2D eigenvalue weighted by Crippen LogP contribution is -2.12. The molecule has 138 valence electrons. The van der Waals surface area contributed by atoms with Crippen molar-refractivity contribution in [2.24, 2.45) is 0 Å². The number of aryl methyl sites for hydroxylation is 2. The molecular weight excluding hydrogens is 334 g/mol. The molecule has 0 saturated carbocycles. The van der Waals surface area contributed by atoms with Gasteiger partial charge in [0.05, 0.1) is 5.52 Å².